The Bertz CT molecular complexity index is 762. The molecule has 3 heteroatoms. The molecule has 0 bridgehead atoms. The number of benzene rings is 3. The minimum atomic E-state index is -0.324. The SMILES string of the molecule is Fc1ccc(-c2ccc(-c3ccc(I)cc3)cc2F)cc1. The van der Waals surface area contributed by atoms with Gasteiger partial charge in [0.1, 0.15) is 11.6 Å². The van der Waals surface area contributed by atoms with E-state index >= 15 is 0 Å². The van der Waals surface area contributed by atoms with Crippen LogP contribution in [0.2, 0.25) is 0 Å². The van der Waals surface area contributed by atoms with Gasteiger partial charge in [-0.25, -0.2) is 8.78 Å². The maximum Gasteiger partial charge on any atom is 0.131 e. The Morgan fingerprint density at radius 1 is 0.619 bits per heavy atom. The van der Waals surface area contributed by atoms with Gasteiger partial charge in [-0.05, 0) is 69.6 Å². The van der Waals surface area contributed by atoms with Gasteiger partial charge in [-0.2, -0.15) is 0 Å². The van der Waals surface area contributed by atoms with Crippen LogP contribution in [0.3, 0.4) is 0 Å². The monoisotopic (exact) mass is 392 g/mol. The molecule has 0 N–H and O–H groups in total. The van der Waals surface area contributed by atoms with Gasteiger partial charge in [0.05, 0.1) is 0 Å². The summed E-state index contributed by atoms with van der Waals surface area (Å²) < 4.78 is 28.4. The van der Waals surface area contributed by atoms with Crippen LogP contribution in [0.5, 0.6) is 0 Å². The van der Waals surface area contributed by atoms with Crippen molar-refractivity contribution in [3.05, 3.63) is 81.9 Å². The summed E-state index contributed by atoms with van der Waals surface area (Å²) in [4.78, 5) is 0. The van der Waals surface area contributed by atoms with Crippen molar-refractivity contribution in [1.29, 1.82) is 0 Å². The summed E-state index contributed by atoms with van der Waals surface area (Å²) >= 11 is 2.23. The van der Waals surface area contributed by atoms with Gasteiger partial charge in [0.25, 0.3) is 0 Å². The van der Waals surface area contributed by atoms with E-state index in [-0.39, 0.29) is 11.6 Å². The molecule has 21 heavy (non-hydrogen) atoms. The van der Waals surface area contributed by atoms with Crippen molar-refractivity contribution in [3.8, 4) is 22.3 Å². The van der Waals surface area contributed by atoms with Crippen molar-refractivity contribution in [2.24, 2.45) is 0 Å². The van der Waals surface area contributed by atoms with Crippen molar-refractivity contribution in [1.82, 2.24) is 0 Å². The van der Waals surface area contributed by atoms with Crippen molar-refractivity contribution < 1.29 is 8.78 Å². The second-order valence-electron chi connectivity index (χ2n) is 4.71. The van der Waals surface area contributed by atoms with Crippen molar-refractivity contribution >= 4 is 22.6 Å². The molecule has 0 aromatic heterocycles. The summed E-state index contributed by atoms with van der Waals surface area (Å²) in [5.74, 6) is -0.632. The Morgan fingerprint density at radius 3 is 1.81 bits per heavy atom. The second kappa shape index (κ2) is 5.93. The van der Waals surface area contributed by atoms with Crippen LogP contribution < -0.4 is 0 Å². The number of hydrogen-bond donors (Lipinski definition) is 0. The maximum absolute atomic E-state index is 14.3. The smallest absolute Gasteiger partial charge is 0.131 e. The molecule has 0 aliphatic heterocycles. The first-order chi connectivity index (χ1) is 10.1. The second-order valence-corrected chi connectivity index (χ2v) is 5.95. The lowest BCUT2D eigenvalue weighted by Crippen LogP contribution is -1.87. The molecule has 3 rings (SSSR count). The molecule has 0 unspecified atom stereocenters. The molecule has 3 aromatic carbocycles. The normalized spacial score (nSPS) is 10.6. The average Bonchev–Trinajstić information content (AvgIpc) is 2.49. The molecule has 3 aromatic rings. The lowest BCUT2D eigenvalue weighted by Gasteiger charge is -2.07. The largest absolute Gasteiger partial charge is 0.207 e. The maximum atomic E-state index is 14.3. The fourth-order valence-electron chi connectivity index (χ4n) is 2.20. The van der Waals surface area contributed by atoms with Crippen LogP contribution in [0.1, 0.15) is 0 Å². The van der Waals surface area contributed by atoms with Gasteiger partial charge in [-0.3, -0.25) is 0 Å². The van der Waals surface area contributed by atoms with Crippen LogP contribution in [0, 0.1) is 15.2 Å². The average molecular weight is 392 g/mol. The van der Waals surface area contributed by atoms with Crippen LogP contribution in [0.15, 0.2) is 66.7 Å². The summed E-state index contributed by atoms with van der Waals surface area (Å²) in [6, 6.07) is 18.9. The van der Waals surface area contributed by atoms with Gasteiger partial charge in [0.15, 0.2) is 0 Å². The van der Waals surface area contributed by atoms with Crippen LogP contribution in [0.25, 0.3) is 22.3 Å². The van der Waals surface area contributed by atoms with Crippen molar-refractivity contribution in [2.75, 3.05) is 0 Å². The Labute approximate surface area is 135 Å². The van der Waals surface area contributed by atoms with Gasteiger partial charge >= 0.3 is 0 Å². The third-order valence-corrected chi connectivity index (χ3v) is 4.02. The summed E-state index contributed by atoms with van der Waals surface area (Å²) in [6.07, 6.45) is 0. The van der Waals surface area contributed by atoms with Crippen LogP contribution >= 0.6 is 22.6 Å². The quantitative estimate of drug-likeness (QED) is 0.476. The molecule has 0 atom stereocenters. The molecule has 0 heterocycles. The Hall–Kier alpha value is -1.75. The first-order valence-corrected chi connectivity index (χ1v) is 7.53. The van der Waals surface area contributed by atoms with Crippen molar-refractivity contribution in [2.45, 2.75) is 0 Å². The zero-order valence-corrected chi connectivity index (χ0v) is 13.1. The standard InChI is InChI=1S/C18H11F2I/c19-15-6-1-13(2-7-15)17-10-5-14(11-18(17)20)12-3-8-16(21)9-4-12/h1-11H. The van der Waals surface area contributed by atoms with E-state index in [1.54, 1.807) is 18.2 Å². The molecular formula is C18H11F2I. The molecule has 0 aliphatic carbocycles. The molecule has 104 valence electrons. The molecular weight excluding hydrogens is 381 g/mol. The molecule has 0 saturated carbocycles. The third-order valence-electron chi connectivity index (χ3n) is 3.30. The molecule has 0 radical (unpaired) electrons. The fourth-order valence-corrected chi connectivity index (χ4v) is 2.56. The highest BCUT2D eigenvalue weighted by molar-refractivity contribution is 14.1. The van der Waals surface area contributed by atoms with E-state index < -0.39 is 0 Å². The lowest BCUT2D eigenvalue weighted by molar-refractivity contribution is 0.626. The Kier molecular flexibility index (Phi) is 4.01. The molecule has 0 nitrogen and oxygen atoms in total. The molecule has 0 aliphatic rings. The van der Waals surface area contributed by atoms with E-state index in [1.165, 1.54) is 18.2 Å². The minimum Gasteiger partial charge on any atom is -0.207 e. The van der Waals surface area contributed by atoms with E-state index in [0.29, 0.717) is 11.1 Å². The zero-order valence-electron chi connectivity index (χ0n) is 11.0. The van der Waals surface area contributed by atoms with E-state index in [0.717, 1.165) is 14.7 Å². The van der Waals surface area contributed by atoms with Crippen LogP contribution in [-0.2, 0) is 0 Å². The Balaban J connectivity index is 1.99. The lowest BCUT2D eigenvalue weighted by atomic mass is 10.00. The molecule has 0 amide bonds. The first kappa shape index (κ1) is 14.2. The van der Waals surface area contributed by atoms with E-state index in [2.05, 4.69) is 22.6 Å². The topological polar surface area (TPSA) is 0 Å². The zero-order chi connectivity index (χ0) is 14.8. The van der Waals surface area contributed by atoms with Crippen LogP contribution in [0.4, 0.5) is 8.78 Å². The Morgan fingerprint density at radius 2 is 1.19 bits per heavy atom. The fraction of sp³-hybridized carbons (Fsp3) is 0. The summed E-state index contributed by atoms with van der Waals surface area (Å²) in [7, 11) is 0. The van der Waals surface area contributed by atoms with E-state index in [1.807, 2.05) is 30.3 Å². The highest BCUT2D eigenvalue weighted by Crippen LogP contribution is 2.28. The number of hydrogen-bond acceptors (Lipinski definition) is 0. The van der Waals surface area contributed by atoms with Crippen molar-refractivity contribution in [3.63, 3.8) is 0 Å². The van der Waals surface area contributed by atoms with Gasteiger partial charge < -0.3 is 0 Å². The third kappa shape index (κ3) is 3.13. The van der Waals surface area contributed by atoms with Gasteiger partial charge in [0, 0.05) is 9.13 Å². The van der Waals surface area contributed by atoms with E-state index in [9.17, 15) is 8.78 Å². The predicted octanol–water partition coefficient (Wildman–Crippen LogP) is 5.90. The predicted molar refractivity (Wildman–Crippen MR) is 89.9 cm³/mol. The van der Waals surface area contributed by atoms with Gasteiger partial charge in [0.2, 0.25) is 0 Å². The summed E-state index contributed by atoms with van der Waals surface area (Å²) in [5.41, 5.74) is 2.95. The first-order valence-electron chi connectivity index (χ1n) is 6.45. The highest BCUT2D eigenvalue weighted by Gasteiger charge is 2.07. The summed E-state index contributed by atoms with van der Waals surface area (Å²) in [6.45, 7) is 0. The van der Waals surface area contributed by atoms with E-state index in [4.69, 9.17) is 0 Å². The highest BCUT2D eigenvalue weighted by atomic mass is 127. The number of halogens is 3. The summed E-state index contributed by atoms with van der Waals surface area (Å²) in [5, 5.41) is 0. The molecule has 0 saturated heterocycles. The van der Waals surface area contributed by atoms with Crippen LogP contribution in [-0.4, -0.2) is 0 Å². The minimum absolute atomic E-state index is 0.308. The number of rotatable bonds is 2. The molecule has 0 fully saturated rings. The molecule has 0 spiro atoms. The van der Waals surface area contributed by atoms with Gasteiger partial charge in [-0.1, -0.05) is 36.4 Å². The van der Waals surface area contributed by atoms with Gasteiger partial charge in [-0.15, -0.1) is 0 Å².